The highest BCUT2D eigenvalue weighted by Gasteiger charge is 2.19. The van der Waals surface area contributed by atoms with E-state index in [1.165, 1.54) is 0 Å². The molecule has 0 N–H and O–H groups in total. The van der Waals surface area contributed by atoms with E-state index in [4.69, 9.17) is 9.84 Å². The number of hydrogen-bond acceptors (Lipinski definition) is 5. The fourth-order valence-electron chi connectivity index (χ4n) is 3.69. The zero-order valence-corrected chi connectivity index (χ0v) is 18.9. The zero-order valence-electron chi connectivity index (χ0n) is 17.3. The fourth-order valence-corrected chi connectivity index (χ4v) is 4.05. The minimum Gasteiger partial charge on any atom is -0.466 e. The molecule has 3 aromatic heterocycles. The van der Waals surface area contributed by atoms with Gasteiger partial charge in [-0.3, -0.25) is 9.78 Å². The molecule has 0 amide bonds. The standard InChI is InChI=1S/C23H25BrN4O2/c1-3-18-9-10-21-23(16-13-17(24)15-26-14-16)19(20(11-12-25)27-28(18)21)7-5-6-8-22(29)30-4-2/h9-10,13-15H,3-8,11H2,1-2H3. The number of aryl methyl sites for hydroxylation is 1. The van der Waals surface area contributed by atoms with Gasteiger partial charge in [0.15, 0.2) is 0 Å². The Morgan fingerprint density at radius 1 is 1.27 bits per heavy atom. The predicted octanol–water partition coefficient (Wildman–Crippen LogP) is 5.06. The third-order valence-corrected chi connectivity index (χ3v) is 5.46. The number of nitriles is 1. The van der Waals surface area contributed by atoms with Gasteiger partial charge in [-0.15, -0.1) is 0 Å². The first-order chi connectivity index (χ1) is 14.6. The highest BCUT2D eigenvalue weighted by atomic mass is 79.9. The number of esters is 1. The monoisotopic (exact) mass is 468 g/mol. The second-order valence-corrected chi connectivity index (χ2v) is 7.93. The molecule has 0 saturated heterocycles. The molecule has 0 aliphatic rings. The van der Waals surface area contributed by atoms with Crippen molar-refractivity contribution in [2.75, 3.05) is 6.61 Å². The molecule has 7 heteroatoms. The SMILES string of the molecule is CCOC(=O)CCCCc1c(CC#N)nn2c(CC)ccc2c1-c1cncc(Br)c1. The van der Waals surface area contributed by atoms with Crippen molar-refractivity contribution in [3.05, 3.63) is 52.0 Å². The number of pyridine rings is 1. The maximum Gasteiger partial charge on any atom is 0.305 e. The van der Waals surface area contributed by atoms with Crippen LogP contribution in [0.5, 0.6) is 0 Å². The number of halogens is 1. The van der Waals surface area contributed by atoms with E-state index in [1.807, 2.05) is 23.7 Å². The van der Waals surface area contributed by atoms with E-state index >= 15 is 0 Å². The average molecular weight is 469 g/mol. The minimum atomic E-state index is -0.168. The molecule has 3 aromatic rings. The second kappa shape index (κ2) is 10.4. The number of aromatic nitrogens is 3. The lowest BCUT2D eigenvalue weighted by atomic mass is 9.94. The van der Waals surface area contributed by atoms with E-state index in [0.717, 1.165) is 63.8 Å². The third kappa shape index (κ3) is 4.88. The molecule has 0 atom stereocenters. The molecule has 0 aliphatic heterocycles. The van der Waals surface area contributed by atoms with Crippen LogP contribution in [-0.2, 0) is 28.8 Å². The number of unbranched alkanes of at least 4 members (excludes halogenated alkanes) is 1. The summed E-state index contributed by atoms with van der Waals surface area (Å²) >= 11 is 3.52. The van der Waals surface area contributed by atoms with Gasteiger partial charge in [-0.25, -0.2) is 4.52 Å². The maximum absolute atomic E-state index is 11.7. The van der Waals surface area contributed by atoms with Crippen LogP contribution in [0.4, 0.5) is 0 Å². The summed E-state index contributed by atoms with van der Waals surface area (Å²) in [6, 6.07) is 8.47. The normalized spacial score (nSPS) is 10.9. The number of ether oxygens (including phenoxy) is 1. The Kier molecular flexibility index (Phi) is 7.58. The van der Waals surface area contributed by atoms with E-state index in [9.17, 15) is 10.1 Å². The van der Waals surface area contributed by atoms with Gasteiger partial charge in [0, 0.05) is 40.1 Å². The quantitative estimate of drug-likeness (QED) is 0.323. The first-order valence-corrected chi connectivity index (χ1v) is 11.0. The van der Waals surface area contributed by atoms with Crippen molar-refractivity contribution in [2.24, 2.45) is 0 Å². The van der Waals surface area contributed by atoms with Gasteiger partial charge >= 0.3 is 5.97 Å². The van der Waals surface area contributed by atoms with Gasteiger partial charge in [0.05, 0.1) is 30.3 Å². The molecule has 0 saturated carbocycles. The zero-order chi connectivity index (χ0) is 21.5. The second-order valence-electron chi connectivity index (χ2n) is 7.01. The number of nitrogens with zero attached hydrogens (tertiary/aromatic N) is 4. The largest absolute Gasteiger partial charge is 0.466 e. The summed E-state index contributed by atoms with van der Waals surface area (Å²) in [5.74, 6) is -0.168. The van der Waals surface area contributed by atoms with Crippen LogP contribution in [0.15, 0.2) is 35.1 Å². The summed E-state index contributed by atoms with van der Waals surface area (Å²) in [5, 5.41) is 14.2. The lowest BCUT2D eigenvalue weighted by molar-refractivity contribution is -0.143. The molecular formula is C23H25BrN4O2. The van der Waals surface area contributed by atoms with Gasteiger partial charge in [-0.2, -0.15) is 10.4 Å². The molecule has 0 aromatic carbocycles. The minimum absolute atomic E-state index is 0.168. The number of hydrogen-bond donors (Lipinski definition) is 0. The van der Waals surface area contributed by atoms with Crippen LogP contribution in [0, 0.1) is 11.3 Å². The molecule has 3 rings (SSSR count). The van der Waals surface area contributed by atoms with E-state index in [0.29, 0.717) is 13.0 Å². The topological polar surface area (TPSA) is 80.3 Å². The molecule has 0 fully saturated rings. The molecular weight excluding hydrogens is 444 g/mol. The van der Waals surface area contributed by atoms with Gasteiger partial charge in [-0.05, 0) is 72.3 Å². The van der Waals surface area contributed by atoms with Crippen molar-refractivity contribution in [3.8, 4) is 17.2 Å². The highest BCUT2D eigenvalue weighted by molar-refractivity contribution is 9.10. The molecule has 156 valence electrons. The Morgan fingerprint density at radius 2 is 2.10 bits per heavy atom. The van der Waals surface area contributed by atoms with E-state index in [1.54, 1.807) is 6.20 Å². The van der Waals surface area contributed by atoms with E-state index in [2.05, 4.69) is 46.0 Å². The van der Waals surface area contributed by atoms with E-state index in [-0.39, 0.29) is 12.4 Å². The molecule has 0 aliphatic carbocycles. The molecule has 6 nitrogen and oxygen atoms in total. The Labute approximate surface area is 185 Å². The summed E-state index contributed by atoms with van der Waals surface area (Å²) in [4.78, 5) is 16.0. The Bertz CT molecular complexity index is 1080. The molecule has 0 spiro atoms. The number of fused-ring (bicyclic) bond motifs is 1. The fraction of sp³-hybridized carbons (Fsp3) is 0.391. The molecule has 3 heterocycles. The maximum atomic E-state index is 11.7. The first kappa shape index (κ1) is 22.0. The summed E-state index contributed by atoms with van der Waals surface area (Å²) in [6.07, 6.45) is 7.35. The van der Waals surface area contributed by atoms with Gasteiger partial charge in [0.25, 0.3) is 0 Å². The van der Waals surface area contributed by atoms with E-state index < -0.39 is 0 Å². The molecule has 30 heavy (non-hydrogen) atoms. The number of rotatable bonds is 9. The Balaban J connectivity index is 2.06. The van der Waals surface area contributed by atoms with Crippen LogP contribution in [0.3, 0.4) is 0 Å². The van der Waals surface area contributed by atoms with Crippen LogP contribution < -0.4 is 0 Å². The highest BCUT2D eigenvalue weighted by Crippen LogP contribution is 2.33. The van der Waals surface area contributed by atoms with Crippen molar-refractivity contribution in [1.82, 2.24) is 14.6 Å². The van der Waals surface area contributed by atoms with Crippen LogP contribution >= 0.6 is 15.9 Å². The first-order valence-electron chi connectivity index (χ1n) is 10.2. The van der Waals surface area contributed by atoms with Crippen molar-refractivity contribution in [3.63, 3.8) is 0 Å². The van der Waals surface area contributed by atoms with Crippen molar-refractivity contribution in [2.45, 2.75) is 52.4 Å². The Hall–Kier alpha value is -2.72. The number of carbonyl (C=O) groups excluding carboxylic acids is 1. The smallest absolute Gasteiger partial charge is 0.305 e. The molecule has 0 unspecified atom stereocenters. The lowest BCUT2D eigenvalue weighted by Crippen LogP contribution is -2.09. The third-order valence-electron chi connectivity index (χ3n) is 5.03. The van der Waals surface area contributed by atoms with Gasteiger partial charge in [0.1, 0.15) is 0 Å². The van der Waals surface area contributed by atoms with Crippen LogP contribution in [0.25, 0.3) is 16.6 Å². The van der Waals surface area contributed by atoms with Crippen molar-refractivity contribution < 1.29 is 9.53 Å². The lowest BCUT2D eigenvalue weighted by Gasteiger charge is -2.16. The summed E-state index contributed by atoms with van der Waals surface area (Å²) in [5.41, 5.74) is 5.98. The van der Waals surface area contributed by atoms with Crippen molar-refractivity contribution in [1.29, 1.82) is 5.26 Å². The van der Waals surface area contributed by atoms with Crippen LogP contribution in [0.2, 0.25) is 0 Å². The van der Waals surface area contributed by atoms with Crippen molar-refractivity contribution >= 4 is 27.4 Å². The summed E-state index contributed by atoms with van der Waals surface area (Å²) in [7, 11) is 0. The molecule has 0 radical (unpaired) electrons. The summed E-state index contributed by atoms with van der Waals surface area (Å²) in [6.45, 7) is 4.31. The Morgan fingerprint density at radius 3 is 2.80 bits per heavy atom. The van der Waals surface area contributed by atoms with Gasteiger partial charge < -0.3 is 4.74 Å². The average Bonchev–Trinajstić information content (AvgIpc) is 3.14. The van der Waals surface area contributed by atoms with Gasteiger partial charge in [-0.1, -0.05) is 6.92 Å². The molecule has 0 bridgehead atoms. The van der Waals surface area contributed by atoms with Gasteiger partial charge in [0.2, 0.25) is 0 Å². The number of carbonyl (C=O) groups is 1. The summed E-state index contributed by atoms with van der Waals surface area (Å²) < 4.78 is 7.87. The van der Waals surface area contributed by atoms with Crippen LogP contribution in [0.1, 0.15) is 50.1 Å². The van der Waals surface area contributed by atoms with Crippen LogP contribution in [-0.4, -0.2) is 27.2 Å². The predicted molar refractivity (Wildman–Crippen MR) is 119 cm³/mol.